The van der Waals surface area contributed by atoms with Crippen LogP contribution in [0.4, 0.5) is 0 Å². The summed E-state index contributed by atoms with van der Waals surface area (Å²) in [7, 11) is 1.87. The number of hydrogen-bond acceptors (Lipinski definition) is 5. The molecule has 4 rings (SSSR count). The van der Waals surface area contributed by atoms with Crippen LogP contribution in [0.5, 0.6) is 0 Å². The van der Waals surface area contributed by atoms with Gasteiger partial charge in [-0.15, -0.1) is 10.2 Å². The molecule has 0 saturated carbocycles. The number of hydrogen-bond donors (Lipinski definition) is 0. The van der Waals surface area contributed by atoms with E-state index < -0.39 is 0 Å². The van der Waals surface area contributed by atoms with E-state index in [-0.39, 0.29) is 11.9 Å². The minimum atomic E-state index is -0.126. The number of rotatable bonds is 2. The number of aromatic nitrogens is 5. The van der Waals surface area contributed by atoms with E-state index in [1.165, 1.54) is 6.26 Å². The summed E-state index contributed by atoms with van der Waals surface area (Å²) in [5.41, 5.74) is 0.920. The summed E-state index contributed by atoms with van der Waals surface area (Å²) in [6.07, 6.45) is 5.18. The van der Waals surface area contributed by atoms with E-state index in [4.69, 9.17) is 4.42 Å². The molecule has 3 aromatic rings. The Kier molecular flexibility index (Phi) is 3.03. The van der Waals surface area contributed by atoms with E-state index in [1.54, 1.807) is 27.9 Å². The van der Waals surface area contributed by atoms with Gasteiger partial charge in [-0.3, -0.25) is 9.48 Å². The third-order valence-corrected chi connectivity index (χ3v) is 4.01. The average molecular weight is 312 g/mol. The summed E-state index contributed by atoms with van der Waals surface area (Å²) in [6, 6.07) is 3.46. The average Bonchev–Trinajstić information content (AvgIpc) is 3.25. The summed E-state index contributed by atoms with van der Waals surface area (Å²) in [4.78, 5) is 14.2. The molecular weight excluding hydrogens is 296 g/mol. The lowest BCUT2D eigenvalue weighted by atomic mass is 10.2. The maximum atomic E-state index is 12.5. The number of furan rings is 1. The molecule has 118 valence electrons. The molecule has 0 fully saturated rings. The van der Waals surface area contributed by atoms with Crippen molar-refractivity contribution < 1.29 is 9.21 Å². The van der Waals surface area contributed by atoms with Crippen LogP contribution < -0.4 is 0 Å². The number of aryl methyl sites for hydroxylation is 1. The standard InChI is InChI=1S/C15H16N6O2/c1-10-7-20(15(22)12-4-3-5-23-12)9-13-17-18-14(21(10)13)11-6-16-19(2)8-11/h3-6,8,10H,7,9H2,1-2H3/t10-/m0/s1. The van der Waals surface area contributed by atoms with E-state index in [2.05, 4.69) is 19.9 Å². The summed E-state index contributed by atoms with van der Waals surface area (Å²) in [5.74, 6) is 1.77. The molecule has 0 radical (unpaired) electrons. The minimum Gasteiger partial charge on any atom is -0.459 e. The van der Waals surface area contributed by atoms with Crippen LogP contribution in [0.1, 0.15) is 29.3 Å². The lowest BCUT2D eigenvalue weighted by Gasteiger charge is -2.31. The highest BCUT2D eigenvalue weighted by Crippen LogP contribution is 2.27. The molecule has 0 unspecified atom stereocenters. The van der Waals surface area contributed by atoms with Crippen molar-refractivity contribution in [2.75, 3.05) is 6.54 Å². The fraction of sp³-hybridized carbons (Fsp3) is 0.333. The highest BCUT2D eigenvalue weighted by molar-refractivity contribution is 5.91. The van der Waals surface area contributed by atoms with E-state index in [0.717, 1.165) is 17.2 Å². The van der Waals surface area contributed by atoms with Crippen LogP contribution >= 0.6 is 0 Å². The zero-order valence-corrected chi connectivity index (χ0v) is 12.9. The van der Waals surface area contributed by atoms with Crippen LogP contribution in [0, 0.1) is 0 Å². The Labute approximate surface area is 132 Å². The van der Waals surface area contributed by atoms with Gasteiger partial charge in [0, 0.05) is 19.8 Å². The molecule has 8 nitrogen and oxygen atoms in total. The smallest absolute Gasteiger partial charge is 0.290 e. The van der Waals surface area contributed by atoms with Crippen molar-refractivity contribution in [2.45, 2.75) is 19.5 Å². The first-order chi connectivity index (χ1) is 11.1. The monoisotopic (exact) mass is 312 g/mol. The fourth-order valence-corrected chi connectivity index (χ4v) is 2.97. The van der Waals surface area contributed by atoms with Crippen molar-refractivity contribution in [3.05, 3.63) is 42.4 Å². The topological polar surface area (TPSA) is 82.0 Å². The first-order valence-electron chi connectivity index (χ1n) is 7.39. The quantitative estimate of drug-likeness (QED) is 0.716. The van der Waals surface area contributed by atoms with Crippen molar-refractivity contribution in [2.24, 2.45) is 7.05 Å². The van der Waals surface area contributed by atoms with Crippen LogP contribution in [0.3, 0.4) is 0 Å². The minimum absolute atomic E-state index is 0.0721. The molecule has 0 aliphatic carbocycles. The van der Waals surface area contributed by atoms with Gasteiger partial charge < -0.3 is 13.9 Å². The Hall–Kier alpha value is -2.90. The van der Waals surface area contributed by atoms with Gasteiger partial charge >= 0.3 is 0 Å². The second-order valence-corrected chi connectivity index (χ2v) is 5.72. The molecule has 1 amide bonds. The molecule has 3 aromatic heterocycles. The van der Waals surface area contributed by atoms with Gasteiger partial charge in [-0.25, -0.2) is 0 Å². The summed E-state index contributed by atoms with van der Waals surface area (Å²) < 4.78 is 9.01. The lowest BCUT2D eigenvalue weighted by molar-refractivity contribution is 0.0650. The first-order valence-corrected chi connectivity index (χ1v) is 7.39. The van der Waals surface area contributed by atoms with Gasteiger partial charge in [0.25, 0.3) is 5.91 Å². The zero-order valence-electron chi connectivity index (χ0n) is 12.9. The molecule has 1 atom stereocenters. The Morgan fingerprint density at radius 3 is 2.96 bits per heavy atom. The van der Waals surface area contributed by atoms with Gasteiger partial charge in [-0.2, -0.15) is 5.10 Å². The molecule has 0 bridgehead atoms. The molecule has 1 aliphatic heterocycles. The van der Waals surface area contributed by atoms with Crippen molar-refractivity contribution in [3.63, 3.8) is 0 Å². The predicted octanol–water partition coefficient (Wildman–Crippen LogP) is 1.49. The molecule has 0 saturated heterocycles. The van der Waals surface area contributed by atoms with Gasteiger partial charge in [-0.05, 0) is 19.1 Å². The zero-order chi connectivity index (χ0) is 16.0. The molecule has 0 N–H and O–H groups in total. The number of nitrogens with zero attached hydrogens (tertiary/aromatic N) is 6. The Bertz CT molecular complexity index is 847. The van der Waals surface area contributed by atoms with Crippen molar-refractivity contribution in [1.29, 1.82) is 0 Å². The molecular formula is C15H16N6O2. The molecule has 1 aliphatic rings. The van der Waals surface area contributed by atoms with Gasteiger partial charge in [0.1, 0.15) is 0 Å². The van der Waals surface area contributed by atoms with E-state index in [1.807, 2.05) is 20.2 Å². The van der Waals surface area contributed by atoms with Crippen molar-refractivity contribution in [1.82, 2.24) is 29.4 Å². The van der Waals surface area contributed by atoms with Crippen LogP contribution in [-0.4, -0.2) is 41.9 Å². The third-order valence-electron chi connectivity index (χ3n) is 4.01. The number of carbonyl (C=O) groups is 1. The number of amides is 1. The molecule has 0 aromatic carbocycles. The number of fused-ring (bicyclic) bond motifs is 1. The van der Waals surface area contributed by atoms with E-state index in [9.17, 15) is 4.79 Å². The van der Waals surface area contributed by atoms with Crippen molar-refractivity contribution >= 4 is 5.91 Å². The maximum Gasteiger partial charge on any atom is 0.290 e. The Morgan fingerprint density at radius 2 is 2.26 bits per heavy atom. The molecule has 0 spiro atoms. The summed E-state index contributed by atoms with van der Waals surface area (Å²) in [6.45, 7) is 3.04. The highest BCUT2D eigenvalue weighted by atomic mass is 16.3. The molecule has 23 heavy (non-hydrogen) atoms. The SMILES string of the molecule is C[C@H]1CN(C(=O)c2ccco2)Cc2nnc(-c3cnn(C)c3)n21. The van der Waals surface area contributed by atoms with Gasteiger partial charge in [0.2, 0.25) is 0 Å². The van der Waals surface area contributed by atoms with Gasteiger partial charge in [0.15, 0.2) is 17.4 Å². The van der Waals surface area contributed by atoms with Crippen LogP contribution in [-0.2, 0) is 13.6 Å². The number of carbonyl (C=O) groups excluding carboxylic acids is 1. The first kappa shape index (κ1) is 13.7. The van der Waals surface area contributed by atoms with Crippen LogP contribution in [0.15, 0.2) is 35.2 Å². The van der Waals surface area contributed by atoms with Crippen molar-refractivity contribution in [3.8, 4) is 11.4 Å². The normalized spacial score (nSPS) is 17.3. The second kappa shape index (κ2) is 5.08. The predicted molar refractivity (Wildman–Crippen MR) is 80.4 cm³/mol. The molecule has 8 heteroatoms. The fourth-order valence-electron chi connectivity index (χ4n) is 2.97. The van der Waals surface area contributed by atoms with E-state index >= 15 is 0 Å². The highest BCUT2D eigenvalue weighted by Gasteiger charge is 2.31. The lowest BCUT2D eigenvalue weighted by Crippen LogP contribution is -2.40. The molecule has 4 heterocycles. The van der Waals surface area contributed by atoms with Crippen LogP contribution in [0.2, 0.25) is 0 Å². The van der Waals surface area contributed by atoms with E-state index in [0.29, 0.717) is 18.8 Å². The summed E-state index contributed by atoms with van der Waals surface area (Å²) >= 11 is 0. The third kappa shape index (κ3) is 2.23. The van der Waals surface area contributed by atoms with Gasteiger partial charge in [0.05, 0.1) is 30.6 Å². The summed E-state index contributed by atoms with van der Waals surface area (Å²) in [5, 5.41) is 12.7. The van der Waals surface area contributed by atoms with Crippen LogP contribution in [0.25, 0.3) is 11.4 Å². The second-order valence-electron chi connectivity index (χ2n) is 5.72. The Morgan fingerprint density at radius 1 is 1.39 bits per heavy atom. The largest absolute Gasteiger partial charge is 0.459 e. The maximum absolute atomic E-state index is 12.5. The Balaban J connectivity index is 1.66. The van der Waals surface area contributed by atoms with Gasteiger partial charge in [-0.1, -0.05) is 0 Å².